The van der Waals surface area contributed by atoms with Crippen molar-refractivity contribution in [2.45, 2.75) is 12.2 Å². The largest absolute Gasteiger partial charge is 0.374 e. The van der Waals surface area contributed by atoms with E-state index in [9.17, 15) is 8.42 Å². The first-order valence-corrected chi connectivity index (χ1v) is 9.44. The number of nitrogens with one attached hydrogen (secondary N) is 1. The quantitative estimate of drug-likeness (QED) is 0.217. The topological polar surface area (TPSA) is 182 Å². The van der Waals surface area contributed by atoms with Gasteiger partial charge in [-0.1, -0.05) is 0 Å². The number of aliphatic hydroxyl groups is 1. The van der Waals surface area contributed by atoms with Crippen LogP contribution < -0.4 is 21.3 Å². The van der Waals surface area contributed by atoms with Crippen molar-refractivity contribution < 1.29 is 13.5 Å². The number of aromatic nitrogens is 1. The Morgan fingerprint density at radius 1 is 1.50 bits per heavy atom. The Morgan fingerprint density at radius 2 is 2.23 bits per heavy atom. The third kappa shape index (κ3) is 8.14. The Balaban J connectivity index is 2.42. The lowest BCUT2D eigenvalue weighted by Crippen LogP contribution is -2.36. The molecule has 0 aliphatic carbocycles. The zero-order chi connectivity index (χ0) is 16.6. The van der Waals surface area contributed by atoms with E-state index in [1.807, 2.05) is 10.1 Å². The molecule has 1 rings (SSSR count). The number of guanidine groups is 1. The van der Waals surface area contributed by atoms with E-state index < -0.39 is 16.9 Å². The molecule has 13 heteroatoms. The number of thiazole rings is 1. The van der Waals surface area contributed by atoms with E-state index in [0.29, 0.717) is 23.1 Å². The van der Waals surface area contributed by atoms with E-state index in [1.165, 1.54) is 23.1 Å². The Morgan fingerprint density at radius 3 is 2.82 bits per heavy atom. The van der Waals surface area contributed by atoms with Crippen molar-refractivity contribution in [3.05, 3.63) is 11.1 Å². The van der Waals surface area contributed by atoms with Gasteiger partial charge in [-0.3, -0.25) is 4.72 Å². The predicted molar refractivity (Wildman–Crippen MR) is 89.1 cm³/mol. The standard InChI is InChI=1S/C9H17N7O3S3/c10-8(11)15-9-14-6(4-21-9)3-20-2-1-7(13-5-17)16-22(12,18)19/h4,17H,1-3,5H2,(H,13,16)(H2,12,18,19)(H4,10,11,14,15). The number of rotatable bonds is 8. The number of amidine groups is 1. The molecule has 124 valence electrons. The van der Waals surface area contributed by atoms with E-state index in [2.05, 4.69) is 15.0 Å². The Hall–Kier alpha value is -1.41. The molecular weight excluding hydrogens is 350 g/mol. The molecule has 22 heavy (non-hydrogen) atoms. The van der Waals surface area contributed by atoms with E-state index in [-0.39, 0.29) is 11.8 Å². The van der Waals surface area contributed by atoms with Crippen LogP contribution in [-0.2, 0) is 16.0 Å². The Labute approximate surface area is 136 Å². The van der Waals surface area contributed by atoms with Gasteiger partial charge in [-0.2, -0.15) is 25.2 Å². The minimum atomic E-state index is -3.89. The summed E-state index contributed by atoms with van der Waals surface area (Å²) in [4.78, 5) is 11.7. The zero-order valence-electron chi connectivity index (χ0n) is 11.5. The summed E-state index contributed by atoms with van der Waals surface area (Å²) in [7, 11) is -3.89. The monoisotopic (exact) mass is 367 g/mol. The van der Waals surface area contributed by atoms with Crippen molar-refractivity contribution in [1.82, 2.24) is 9.71 Å². The van der Waals surface area contributed by atoms with Crippen molar-refractivity contribution in [1.29, 1.82) is 0 Å². The van der Waals surface area contributed by atoms with Crippen LogP contribution in [0.3, 0.4) is 0 Å². The minimum absolute atomic E-state index is 0.0486. The van der Waals surface area contributed by atoms with Gasteiger partial charge < -0.3 is 16.6 Å². The molecule has 1 aromatic rings. The summed E-state index contributed by atoms with van der Waals surface area (Å²) in [5.74, 6) is 1.24. The third-order valence-corrected chi connectivity index (χ3v) is 4.32. The number of nitrogens with zero attached hydrogens (tertiary/aromatic N) is 3. The summed E-state index contributed by atoms with van der Waals surface area (Å²) in [5.41, 5.74) is 11.3. The number of hydrogen-bond acceptors (Lipinski definition) is 8. The van der Waals surface area contributed by atoms with Crippen molar-refractivity contribution >= 4 is 50.2 Å². The number of aliphatic hydroxyl groups excluding tert-OH is 1. The molecule has 0 aliphatic heterocycles. The predicted octanol–water partition coefficient (Wildman–Crippen LogP) is -1.19. The fourth-order valence-corrected chi connectivity index (χ4v) is 3.43. The molecular formula is C9H17N7O3S3. The summed E-state index contributed by atoms with van der Waals surface area (Å²) in [6, 6.07) is 0. The molecule has 0 atom stereocenters. The molecule has 8 N–H and O–H groups in total. The van der Waals surface area contributed by atoms with Gasteiger partial charge in [0.15, 0.2) is 5.96 Å². The maximum absolute atomic E-state index is 10.9. The molecule has 0 saturated carbocycles. The molecule has 0 radical (unpaired) electrons. The maximum Gasteiger partial charge on any atom is 0.297 e. The molecule has 1 aromatic heterocycles. The first-order chi connectivity index (χ1) is 10.3. The summed E-state index contributed by atoms with van der Waals surface area (Å²) < 4.78 is 23.9. The van der Waals surface area contributed by atoms with Gasteiger partial charge in [0.2, 0.25) is 5.13 Å². The van der Waals surface area contributed by atoms with E-state index in [0.717, 1.165) is 5.69 Å². The number of thioether (sulfide) groups is 1. The van der Waals surface area contributed by atoms with E-state index >= 15 is 0 Å². The summed E-state index contributed by atoms with van der Waals surface area (Å²) in [6.45, 7) is -0.517. The minimum Gasteiger partial charge on any atom is -0.374 e. The second-order valence-corrected chi connectivity index (χ2v) is 7.09. The van der Waals surface area contributed by atoms with Gasteiger partial charge >= 0.3 is 0 Å². The lowest BCUT2D eigenvalue weighted by Gasteiger charge is -2.06. The van der Waals surface area contributed by atoms with Gasteiger partial charge in [0.05, 0.1) is 5.69 Å². The van der Waals surface area contributed by atoms with Crippen molar-refractivity contribution in [3.8, 4) is 0 Å². The molecule has 0 spiro atoms. The summed E-state index contributed by atoms with van der Waals surface area (Å²) in [6.07, 6.45) is 0.312. The number of nitrogens with two attached hydrogens (primary N) is 3. The molecule has 0 aromatic carbocycles. The SMILES string of the molecule is NC(N)=Nc1nc(CSCCC(=NCO)NS(N)(=O)=O)cs1. The van der Waals surface area contributed by atoms with Crippen LogP contribution in [0, 0.1) is 0 Å². The second kappa shape index (κ2) is 8.89. The van der Waals surface area contributed by atoms with Gasteiger partial charge in [0.25, 0.3) is 10.2 Å². The molecule has 0 saturated heterocycles. The summed E-state index contributed by atoms with van der Waals surface area (Å²) >= 11 is 2.84. The summed E-state index contributed by atoms with van der Waals surface area (Å²) in [5, 5.41) is 15.9. The molecule has 0 unspecified atom stereocenters. The fraction of sp³-hybridized carbons (Fsp3) is 0.444. The van der Waals surface area contributed by atoms with Crippen molar-refractivity contribution in [2.24, 2.45) is 26.6 Å². The zero-order valence-corrected chi connectivity index (χ0v) is 13.9. The van der Waals surface area contributed by atoms with Crippen LogP contribution in [0.25, 0.3) is 0 Å². The van der Waals surface area contributed by atoms with Crippen LogP contribution in [-0.4, -0.2) is 42.8 Å². The molecule has 10 nitrogen and oxygen atoms in total. The highest BCUT2D eigenvalue weighted by Crippen LogP contribution is 2.21. The van der Waals surface area contributed by atoms with E-state index in [4.69, 9.17) is 21.7 Å². The lowest BCUT2D eigenvalue weighted by molar-refractivity contribution is 0.309. The molecule has 0 amide bonds. The van der Waals surface area contributed by atoms with Gasteiger partial charge in [0, 0.05) is 23.3 Å². The van der Waals surface area contributed by atoms with Crippen LogP contribution in [0.2, 0.25) is 0 Å². The normalized spacial score (nSPS) is 12.2. The highest BCUT2D eigenvalue weighted by molar-refractivity contribution is 7.98. The Bertz CT molecular complexity index is 637. The second-order valence-electron chi connectivity index (χ2n) is 3.85. The molecule has 0 fully saturated rings. The number of aliphatic imine (C=N–C) groups is 2. The lowest BCUT2D eigenvalue weighted by atomic mass is 10.4. The average Bonchev–Trinajstić information content (AvgIpc) is 2.79. The number of hydrogen-bond donors (Lipinski definition) is 5. The first-order valence-electron chi connectivity index (χ1n) is 5.86. The fourth-order valence-electron chi connectivity index (χ4n) is 1.28. The van der Waals surface area contributed by atoms with E-state index in [1.54, 1.807) is 0 Å². The van der Waals surface area contributed by atoms with Crippen molar-refractivity contribution in [2.75, 3.05) is 12.5 Å². The van der Waals surface area contributed by atoms with Crippen LogP contribution in [0.4, 0.5) is 5.13 Å². The average molecular weight is 367 g/mol. The smallest absolute Gasteiger partial charge is 0.297 e. The molecule has 1 heterocycles. The van der Waals surface area contributed by atoms with Gasteiger partial charge in [-0.05, 0) is 0 Å². The van der Waals surface area contributed by atoms with Gasteiger partial charge in [-0.15, -0.1) is 11.3 Å². The first kappa shape index (κ1) is 18.6. The molecule has 0 aliphatic rings. The van der Waals surface area contributed by atoms with Crippen LogP contribution in [0.15, 0.2) is 15.4 Å². The highest BCUT2D eigenvalue weighted by Gasteiger charge is 2.07. The van der Waals surface area contributed by atoms with Crippen LogP contribution >= 0.6 is 23.1 Å². The maximum atomic E-state index is 10.9. The van der Waals surface area contributed by atoms with Crippen LogP contribution in [0.5, 0.6) is 0 Å². The van der Waals surface area contributed by atoms with Gasteiger partial charge in [0.1, 0.15) is 12.6 Å². The highest BCUT2D eigenvalue weighted by atomic mass is 32.2. The molecule has 0 bridgehead atoms. The Kier molecular flexibility index (Phi) is 7.53. The van der Waals surface area contributed by atoms with Crippen LogP contribution in [0.1, 0.15) is 12.1 Å². The van der Waals surface area contributed by atoms with Gasteiger partial charge in [-0.25, -0.2) is 15.1 Å². The third-order valence-electron chi connectivity index (χ3n) is 2.02. The van der Waals surface area contributed by atoms with Crippen molar-refractivity contribution in [3.63, 3.8) is 0 Å².